The molecule has 1 N–H and O–H groups in total. The molecule has 7 heteroatoms. The Labute approximate surface area is 144 Å². The van der Waals surface area contributed by atoms with Crippen molar-refractivity contribution < 1.29 is 14.0 Å². The van der Waals surface area contributed by atoms with Gasteiger partial charge in [-0.2, -0.15) is 4.98 Å². The number of methoxy groups -OCH3 is 2. The Bertz CT molecular complexity index is 835. The van der Waals surface area contributed by atoms with Crippen molar-refractivity contribution in [2.75, 3.05) is 19.5 Å². The molecule has 124 valence electrons. The third-order valence-corrected chi connectivity index (χ3v) is 3.75. The second-order valence-electron chi connectivity index (χ2n) is 4.91. The van der Waals surface area contributed by atoms with Crippen molar-refractivity contribution in [3.63, 3.8) is 0 Å². The number of hydrogen-bond donors (Lipinski definition) is 1. The lowest BCUT2D eigenvalue weighted by molar-refractivity contribution is 0.382. The van der Waals surface area contributed by atoms with E-state index < -0.39 is 0 Å². The second-order valence-corrected chi connectivity index (χ2v) is 5.32. The van der Waals surface area contributed by atoms with Gasteiger partial charge in [-0.05, 0) is 24.3 Å². The fraction of sp³-hybridized carbons (Fsp3) is 0.176. The molecule has 1 aromatic heterocycles. The third kappa shape index (κ3) is 3.44. The lowest BCUT2D eigenvalue weighted by Gasteiger charge is -2.07. The van der Waals surface area contributed by atoms with Gasteiger partial charge in [-0.25, -0.2) is 0 Å². The average molecular weight is 346 g/mol. The first-order valence-corrected chi connectivity index (χ1v) is 7.62. The monoisotopic (exact) mass is 345 g/mol. The number of hydrogen-bond acceptors (Lipinski definition) is 6. The highest BCUT2D eigenvalue weighted by atomic mass is 35.5. The molecule has 2 aromatic carbocycles. The van der Waals surface area contributed by atoms with Crippen LogP contribution in [-0.2, 0) is 6.54 Å². The van der Waals surface area contributed by atoms with Gasteiger partial charge in [0.25, 0.3) is 0 Å². The first-order valence-electron chi connectivity index (χ1n) is 7.24. The van der Waals surface area contributed by atoms with Gasteiger partial charge in [0.05, 0.1) is 37.0 Å². The molecule has 0 fully saturated rings. The minimum absolute atomic E-state index is 0.370. The Morgan fingerprint density at radius 2 is 1.96 bits per heavy atom. The van der Waals surface area contributed by atoms with Gasteiger partial charge in [0.15, 0.2) is 0 Å². The van der Waals surface area contributed by atoms with E-state index in [9.17, 15) is 0 Å². The van der Waals surface area contributed by atoms with Gasteiger partial charge in [0.1, 0.15) is 11.5 Å². The van der Waals surface area contributed by atoms with Gasteiger partial charge in [-0.3, -0.25) is 0 Å². The van der Waals surface area contributed by atoms with Crippen LogP contribution in [0.2, 0.25) is 5.02 Å². The van der Waals surface area contributed by atoms with E-state index in [1.165, 1.54) is 0 Å². The van der Waals surface area contributed by atoms with E-state index in [-0.39, 0.29) is 0 Å². The molecule has 0 aliphatic carbocycles. The van der Waals surface area contributed by atoms with Gasteiger partial charge in [-0.15, -0.1) is 0 Å². The number of rotatable bonds is 6. The van der Waals surface area contributed by atoms with E-state index in [2.05, 4.69) is 15.5 Å². The van der Waals surface area contributed by atoms with Crippen LogP contribution in [0.15, 0.2) is 47.0 Å². The Morgan fingerprint density at radius 1 is 1.12 bits per heavy atom. The first kappa shape index (κ1) is 16.1. The molecule has 1 heterocycles. The molecule has 3 rings (SSSR count). The Morgan fingerprint density at radius 3 is 2.71 bits per heavy atom. The van der Waals surface area contributed by atoms with E-state index in [0.717, 1.165) is 11.3 Å². The fourth-order valence-electron chi connectivity index (χ4n) is 2.19. The van der Waals surface area contributed by atoms with Gasteiger partial charge < -0.3 is 19.3 Å². The van der Waals surface area contributed by atoms with Crippen molar-refractivity contribution in [2.45, 2.75) is 6.54 Å². The van der Waals surface area contributed by atoms with Crippen molar-refractivity contribution in [1.82, 2.24) is 10.1 Å². The van der Waals surface area contributed by atoms with Crippen molar-refractivity contribution >= 4 is 17.3 Å². The number of para-hydroxylation sites is 1. The molecule has 0 saturated carbocycles. The topological polar surface area (TPSA) is 69.4 Å². The highest BCUT2D eigenvalue weighted by Gasteiger charge is 2.14. The molecule has 0 radical (unpaired) electrons. The number of ether oxygens (including phenoxy) is 2. The van der Waals surface area contributed by atoms with Gasteiger partial charge >= 0.3 is 0 Å². The van der Waals surface area contributed by atoms with Crippen LogP contribution >= 0.6 is 11.6 Å². The van der Waals surface area contributed by atoms with E-state index in [1.807, 2.05) is 36.4 Å². The van der Waals surface area contributed by atoms with Crippen LogP contribution in [0.3, 0.4) is 0 Å². The maximum absolute atomic E-state index is 6.10. The summed E-state index contributed by atoms with van der Waals surface area (Å²) in [6.45, 7) is 0.370. The zero-order valence-electron chi connectivity index (χ0n) is 13.2. The van der Waals surface area contributed by atoms with E-state index in [1.54, 1.807) is 20.3 Å². The summed E-state index contributed by atoms with van der Waals surface area (Å²) in [5.41, 5.74) is 1.53. The molecule has 0 aliphatic heterocycles. The molecule has 6 nitrogen and oxygen atoms in total. The van der Waals surface area contributed by atoms with E-state index in [0.29, 0.717) is 34.8 Å². The van der Waals surface area contributed by atoms with Crippen LogP contribution in [0.5, 0.6) is 11.5 Å². The SMILES string of the molecule is COc1ccc(-c2noc(CNc3ccccc3Cl)n2)c(OC)c1. The summed E-state index contributed by atoms with van der Waals surface area (Å²) in [6.07, 6.45) is 0. The summed E-state index contributed by atoms with van der Waals surface area (Å²) < 4.78 is 15.8. The first-order chi connectivity index (χ1) is 11.7. The predicted octanol–water partition coefficient (Wildman–Crippen LogP) is 4.02. The zero-order valence-corrected chi connectivity index (χ0v) is 14.0. The summed E-state index contributed by atoms with van der Waals surface area (Å²) in [4.78, 5) is 4.39. The largest absolute Gasteiger partial charge is 0.497 e. The number of nitrogens with one attached hydrogen (secondary N) is 1. The van der Waals surface area contributed by atoms with Gasteiger partial charge in [-0.1, -0.05) is 28.9 Å². The maximum atomic E-state index is 6.10. The van der Waals surface area contributed by atoms with Gasteiger partial charge in [0.2, 0.25) is 11.7 Å². The highest BCUT2D eigenvalue weighted by molar-refractivity contribution is 6.33. The molecule has 24 heavy (non-hydrogen) atoms. The number of anilines is 1. The molecule has 3 aromatic rings. The van der Waals surface area contributed by atoms with Crippen LogP contribution in [0.4, 0.5) is 5.69 Å². The summed E-state index contributed by atoms with van der Waals surface area (Å²) in [7, 11) is 3.18. The number of aromatic nitrogens is 2. The smallest absolute Gasteiger partial charge is 0.246 e. The quantitative estimate of drug-likeness (QED) is 0.727. The minimum atomic E-state index is 0.370. The van der Waals surface area contributed by atoms with Crippen molar-refractivity contribution in [3.8, 4) is 22.9 Å². The molecule has 0 aliphatic rings. The zero-order chi connectivity index (χ0) is 16.9. The maximum Gasteiger partial charge on any atom is 0.246 e. The predicted molar refractivity (Wildman–Crippen MR) is 91.6 cm³/mol. The molecule has 0 unspecified atom stereocenters. The molecular formula is C17H16ClN3O3. The molecule has 0 spiro atoms. The highest BCUT2D eigenvalue weighted by Crippen LogP contribution is 2.31. The lowest BCUT2D eigenvalue weighted by atomic mass is 10.2. The van der Waals surface area contributed by atoms with Crippen molar-refractivity contribution in [3.05, 3.63) is 53.4 Å². The number of benzene rings is 2. The van der Waals surface area contributed by atoms with Crippen LogP contribution in [0.25, 0.3) is 11.4 Å². The standard InChI is InChI=1S/C17H16ClN3O3/c1-22-11-7-8-12(15(9-11)23-2)17-20-16(24-21-17)10-19-14-6-4-3-5-13(14)18/h3-9,19H,10H2,1-2H3. The van der Waals surface area contributed by atoms with Crippen LogP contribution < -0.4 is 14.8 Å². The summed E-state index contributed by atoms with van der Waals surface area (Å²) in [6, 6.07) is 12.9. The minimum Gasteiger partial charge on any atom is -0.497 e. The average Bonchev–Trinajstić information content (AvgIpc) is 3.09. The Hall–Kier alpha value is -2.73. The summed E-state index contributed by atoms with van der Waals surface area (Å²) in [5, 5.41) is 7.80. The summed E-state index contributed by atoms with van der Waals surface area (Å²) >= 11 is 6.10. The van der Waals surface area contributed by atoms with Crippen molar-refractivity contribution in [1.29, 1.82) is 0 Å². The molecular weight excluding hydrogens is 330 g/mol. The summed E-state index contributed by atoms with van der Waals surface area (Å²) in [5.74, 6) is 2.20. The van der Waals surface area contributed by atoms with Crippen molar-refractivity contribution in [2.24, 2.45) is 0 Å². The van der Waals surface area contributed by atoms with Crippen LogP contribution in [-0.4, -0.2) is 24.4 Å². The molecule has 0 saturated heterocycles. The second kappa shape index (κ2) is 7.23. The molecule has 0 atom stereocenters. The molecule has 0 amide bonds. The van der Waals surface area contributed by atoms with Crippen LogP contribution in [0.1, 0.15) is 5.89 Å². The third-order valence-electron chi connectivity index (χ3n) is 3.42. The lowest BCUT2D eigenvalue weighted by Crippen LogP contribution is -2.00. The Kier molecular flexibility index (Phi) is 4.86. The van der Waals surface area contributed by atoms with E-state index in [4.69, 9.17) is 25.6 Å². The normalized spacial score (nSPS) is 10.5. The number of nitrogens with zero attached hydrogens (tertiary/aromatic N) is 2. The Balaban J connectivity index is 1.77. The fourth-order valence-corrected chi connectivity index (χ4v) is 2.40. The molecule has 0 bridgehead atoms. The van der Waals surface area contributed by atoms with E-state index >= 15 is 0 Å². The van der Waals surface area contributed by atoms with Crippen LogP contribution in [0, 0.1) is 0 Å². The number of halogens is 1. The van der Waals surface area contributed by atoms with Gasteiger partial charge in [0, 0.05) is 6.07 Å².